The molecule has 0 aliphatic heterocycles. The van der Waals surface area contributed by atoms with E-state index in [1.54, 1.807) is 24.3 Å². The van der Waals surface area contributed by atoms with Crippen LogP contribution >= 0.6 is 11.6 Å². The van der Waals surface area contributed by atoms with Gasteiger partial charge in [-0.3, -0.25) is 10.2 Å². The fraction of sp³-hybridized carbons (Fsp3) is 0. The Balaban J connectivity index is 1.78. The highest BCUT2D eigenvalue weighted by Crippen LogP contribution is 2.19. The number of sulfonamides is 1. The van der Waals surface area contributed by atoms with E-state index in [2.05, 4.69) is 10.4 Å². The zero-order valence-electron chi connectivity index (χ0n) is 12.2. The molecule has 24 heavy (non-hydrogen) atoms. The predicted octanol–water partition coefficient (Wildman–Crippen LogP) is 2.51. The van der Waals surface area contributed by atoms with Gasteiger partial charge in [-0.1, -0.05) is 48.0 Å². The van der Waals surface area contributed by atoms with Gasteiger partial charge in [-0.15, -0.1) is 4.83 Å². The quantitative estimate of drug-likeness (QED) is 0.699. The van der Waals surface area contributed by atoms with Gasteiger partial charge in [0, 0.05) is 5.39 Å². The lowest BCUT2D eigenvalue weighted by Gasteiger charge is -2.09. The number of aromatic nitrogens is 1. The predicted molar refractivity (Wildman–Crippen MR) is 91.0 cm³/mol. The summed E-state index contributed by atoms with van der Waals surface area (Å²) in [5.41, 5.74) is 2.86. The molecule has 3 rings (SSSR count). The lowest BCUT2D eigenvalue weighted by atomic mass is 10.2. The molecule has 1 aromatic heterocycles. The van der Waals surface area contributed by atoms with Crippen LogP contribution in [0.5, 0.6) is 0 Å². The molecule has 0 radical (unpaired) electrons. The second-order valence-electron chi connectivity index (χ2n) is 4.88. The molecule has 0 unspecified atom stereocenters. The van der Waals surface area contributed by atoms with Gasteiger partial charge in [-0.2, -0.15) is 0 Å². The molecule has 2 aromatic carbocycles. The maximum Gasteiger partial charge on any atom is 0.284 e. The first-order valence-electron chi connectivity index (χ1n) is 6.90. The van der Waals surface area contributed by atoms with E-state index in [9.17, 15) is 13.2 Å². The van der Waals surface area contributed by atoms with Crippen molar-refractivity contribution in [3.8, 4) is 0 Å². The molecule has 0 fully saturated rings. The second kappa shape index (κ2) is 6.56. The highest BCUT2D eigenvalue weighted by molar-refractivity contribution is 7.89. The van der Waals surface area contributed by atoms with Gasteiger partial charge in [0.2, 0.25) is 0 Å². The summed E-state index contributed by atoms with van der Waals surface area (Å²) in [6, 6.07) is 16.5. The van der Waals surface area contributed by atoms with Crippen molar-refractivity contribution < 1.29 is 13.2 Å². The van der Waals surface area contributed by atoms with Gasteiger partial charge in [-0.25, -0.2) is 13.4 Å². The molecule has 0 aliphatic rings. The van der Waals surface area contributed by atoms with Crippen LogP contribution in [-0.4, -0.2) is 19.3 Å². The van der Waals surface area contributed by atoms with E-state index in [1.807, 2.05) is 17.0 Å². The number of halogens is 1. The number of hydrogen-bond acceptors (Lipinski definition) is 4. The molecule has 122 valence electrons. The Bertz CT molecular complexity index is 1020. The summed E-state index contributed by atoms with van der Waals surface area (Å²) in [6.45, 7) is 0. The number of rotatable bonds is 4. The van der Waals surface area contributed by atoms with Gasteiger partial charge < -0.3 is 0 Å². The maximum atomic E-state index is 12.2. The number of pyridine rings is 1. The first-order valence-corrected chi connectivity index (χ1v) is 8.76. The zero-order chi connectivity index (χ0) is 17.2. The van der Waals surface area contributed by atoms with E-state index < -0.39 is 15.9 Å². The van der Waals surface area contributed by atoms with Crippen LogP contribution in [0.15, 0.2) is 65.6 Å². The summed E-state index contributed by atoms with van der Waals surface area (Å²) >= 11 is 5.86. The van der Waals surface area contributed by atoms with Crippen molar-refractivity contribution in [3.05, 3.63) is 71.4 Å². The monoisotopic (exact) mass is 361 g/mol. The van der Waals surface area contributed by atoms with Crippen molar-refractivity contribution in [1.29, 1.82) is 0 Å². The molecule has 0 bridgehead atoms. The molecular weight excluding hydrogens is 350 g/mol. The average Bonchev–Trinajstić information content (AvgIpc) is 2.59. The molecule has 0 saturated carbocycles. The fourth-order valence-corrected chi connectivity index (χ4v) is 3.45. The van der Waals surface area contributed by atoms with Crippen molar-refractivity contribution >= 4 is 38.4 Å². The van der Waals surface area contributed by atoms with Crippen LogP contribution in [-0.2, 0) is 10.0 Å². The molecule has 1 heterocycles. The smallest absolute Gasteiger partial charge is 0.272 e. The molecule has 3 aromatic rings. The first kappa shape index (κ1) is 16.4. The largest absolute Gasteiger partial charge is 0.284 e. The van der Waals surface area contributed by atoms with Crippen LogP contribution < -0.4 is 10.3 Å². The molecule has 6 nitrogen and oxygen atoms in total. The van der Waals surface area contributed by atoms with Crippen molar-refractivity contribution in [3.63, 3.8) is 0 Å². The number of carbonyl (C=O) groups is 1. The van der Waals surface area contributed by atoms with Gasteiger partial charge in [-0.05, 0) is 24.3 Å². The Hall–Kier alpha value is -2.48. The van der Waals surface area contributed by atoms with Crippen LogP contribution in [0.4, 0.5) is 0 Å². The summed E-state index contributed by atoms with van der Waals surface area (Å²) in [4.78, 5) is 18.2. The Labute approximate surface area is 143 Å². The Morgan fingerprint density at radius 2 is 1.67 bits per heavy atom. The number of nitrogens with one attached hydrogen (secondary N) is 2. The Morgan fingerprint density at radius 1 is 0.958 bits per heavy atom. The highest BCUT2D eigenvalue weighted by Gasteiger charge is 2.19. The molecule has 1 amide bonds. The van der Waals surface area contributed by atoms with E-state index in [1.165, 1.54) is 24.3 Å². The minimum Gasteiger partial charge on any atom is -0.272 e. The molecule has 2 N–H and O–H groups in total. The molecule has 0 saturated heterocycles. The second-order valence-corrected chi connectivity index (χ2v) is 6.94. The van der Waals surface area contributed by atoms with Crippen molar-refractivity contribution in [2.45, 2.75) is 4.90 Å². The first-order chi connectivity index (χ1) is 11.5. The van der Waals surface area contributed by atoms with E-state index in [0.29, 0.717) is 5.52 Å². The van der Waals surface area contributed by atoms with E-state index >= 15 is 0 Å². The number of hydrazine groups is 1. The number of fused-ring (bicyclic) bond motifs is 1. The van der Waals surface area contributed by atoms with Gasteiger partial charge in [0.15, 0.2) is 0 Å². The molecule has 0 atom stereocenters. The average molecular weight is 362 g/mol. The standard InChI is InChI=1S/C16H12ClN3O3S/c17-12-6-2-4-8-15(12)24(22,23)20-19-16(21)14-10-9-11-5-1-3-7-13(11)18-14/h1-10,20H,(H,19,21). The Morgan fingerprint density at radius 3 is 2.46 bits per heavy atom. The third-order valence-corrected chi connectivity index (χ3v) is 5.00. The van der Waals surface area contributed by atoms with Gasteiger partial charge >= 0.3 is 0 Å². The lowest BCUT2D eigenvalue weighted by Crippen LogP contribution is -2.41. The summed E-state index contributed by atoms with van der Waals surface area (Å²) in [5, 5.41) is 0.939. The van der Waals surface area contributed by atoms with Crippen molar-refractivity contribution in [2.75, 3.05) is 0 Å². The molecule has 0 spiro atoms. The number of hydrogen-bond donors (Lipinski definition) is 2. The minimum absolute atomic E-state index is 0.0584. The number of para-hydroxylation sites is 1. The SMILES string of the molecule is O=C(NNS(=O)(=O)c1ccccc1Cl)c1ccc2ccccc2n1. The normalized spacial score (nSPS) is 11.4. The summed E-state index contributed by atoms with van der Waals surface area (Å²) in [6.07, 6.45) is 0. The minimum atomic E-state index is -3.98. The van der Waals surface area contributed by atoms with Crippen molar-refractivity contribution in [2.24, 2.45) is 0 Å². The summed E-state index contributed by atoms with van der Waals surface area (Å²) in [7, 11) is -3.98. The Kier molecular flexibility index (Phi) is 4.48. The van der Waals surface area contributed by atoms with E-state index in [-0.39, 0.29) is 15.6 Å². The van der Waals surface area contributed by atoms with E-state index in [0.717, 1.165) is 5.39 Å². The van der Waals surface area contributed by atoms with Gasteiger partial charge in [0.1, 0.15) is 10.6 Å². The van der Waals surface area contributed by atoms with Crippen molar-refractivity contribution in [1.82, 2.24) is 15.2 Å². The molecular formula is C16H12ClN3O3S. The fourth-order valence-electron chi connectivity index (χ4n) is 2.09. The maximum absolute atomic E-state index is 12.2. The zero-order valence-corrected chi connectivity index (χ0v) is 13.8. The van der Waals surface area contributed by atoms with Gasteiger partial charge in [0.25, 0.3) is 15.9 Å². The van der Waals surface area contributed by atoms with Crippen LogP contribution in [0.25, 0.3) is 10.9 Å². The van der Waals surface area contributed by atoms with Gasteiger partial charge in [0.05, 0.1) is 10.5 Å². The third-order valence-electron chi connectivity index (χ3n) is 3.26. The highest BCUT2D eigenvalue weighted by atomic mass is 35.5. The number of amides is 1. The molecule has 8 heteroatoms. The number of carbonyl (C=O) groups excluding carboxylic acids is 1. The third kappa shape index (κ3) is 3.38. The van der Waals surface area contributed by atoms with Crippen LogP contribution in [0.1, 0.15) is 10.5 Å². The lowest BCUT2D eigenvalue weighted by molar-refractivity contribution is 0.0940. The van der Waals surface area contributed by atoms with Crippen LogP contribution in [0, 0.1) is 0 Å². The molecule has 0 aliphatic carbocycles. The summed E-state index contributed by atoms with van der Waals surface area (Å²) < 4.78 is 24.3. The summed E-state index contributed by atoms with van der Waals surface area (Å²) in [5.74, 6) is -0.670. The van der Waals surface area contributed by atoms with E-state index in [4.69, 9.17) is 11.6 Å². The van der Waals surface area contributed by atoms with Crippen LogP contribution in [0.3, 0.4) is 0 Å². The number of benzene rings is 2. The topological polar surface area (TPSA) is 88.2 Å². The van der Waals surface area contributed by atoms with Crippen LogP contribution in [0.2, 0.25) is 5.02 Å². The number of nitrogens with zero attached hydrogens (tertiary/aromatic N) is 1.